The minimum atomic E-state index is -0.290. The third-order valence-electron chi connectivity index (χ3n) is 3.72. The van der Waals surface area contributed by atoms with Crippen LogP contribution in [-0.2, 0) is 0 Å². The fourth-order valence-electron chi connectivity index (χ4n) is 2.56. The first-order valence-electron chi connectivity index (χ1n) is 7.40. The Morgan fingerprint density at radius 1 is 1.08 bits per heavy atom. The minimum Gasteiger partial charge on any atom is -0.509 e. The summed E-state index contributed by atoms with van der Waals surface area (Å²) in [7, 11) is 0. The Hall–Kier alpha value is -3.33. The molecule has 0 radical (unpaired) electrons. The highest BCUT2D eigenvalue weighted by Gasteiger charge is 2.34. The minimum absolute atomic E-state index is 0.000579. The SMILES string of the molecule is [C-]#[N+]c1cc(O)ccc1OCCCN1C(=O)c2ccccc2C1=O. The topological polar surface area (TPSA) is 71.2 Å². The predicted octanol–water partition coefficient (Wildman–Crippen LogP) is 3.01. The molecule has 2 aromatic carbocycles. The number of carbonyl (C=O) groups excluding carboxylic acids is 2. The van der Waals surface area contributed by atoms with E-state index in [0.29, 0.717) is 23.3 Å². The molecule has 1 heterocycles. The normalized spacial score (nSPS) is 12.9. The van der Waals surface area contributed by atoms with Crippen LogP contribution in [0.25, 0.3) is 4.85 Å². The molecule has 6 nitrogen and oxygen atoms in total. The lowest BCUT2D eigenvalue weighted by molar-refractivity contribution is 0.0647. The molecule has 0 saturated heterocycles. The molecule has 0 unspecified atom stereocenters. The van der Waals surface area contributed by atoms with Gasteiger partial charge in [0, 0.05) is 6.54 Å². The van der Waals surface area contributed by atoms with Crippen molar-refractivity contribution in [3.63, 3.8) is 0 Å². The molecule has 0 spiro atoms. The highest BCUT2D eigenvalue weighted by molar-refractivity contribution is 6.21. The van der Waals surface area contributed by atoms with Crippen molar-refractivity contribution in [2.45, 2.75) is 6.42 Å². The van der Waals surface area contributed by atoms with Gasteiger partial charge in [-0.05, 0) is 36.8 Å². The van der Waals surface area contributed by atoms with Crippen LogP contribution in [0.4, 0.5) is 5.69 Å². The molecule has 0 saturated carbocycles. The van der Waals surface area contributed by atoms with Crippen LogP contribution in [0.5, 0.6) is 11.5 Å². The predicted molar refractivity (Wildman–Crippen MR) is 86.3 cm³/mol. The molecule has 120 valence electrons. The first-order valence-corrected chi connectivity index (χ1v) is 7.40. The first-order chi connectivity index (χ1) is 11.6. The van der Waals surface area contributed by atoms with E-state index in [2.05, 4.69) is 4.85 Å². The number of phenols is 1. The van der Waals surface area contributed by atoms with Crippen molar-refractivity contribution in [1.82, 2.24) is 4.90 Å². The van der Waals surface area contributed by atoms with Gasteiger partial charge < -0.3 is 9.84 Å². The molecule has 1 aliphatic heterocycles. The summed E-state index contributed by atoms with van der Waals surface area (Å²) in [6.45, 7) is 7.56. The van der Waals surface area contributed by atoms with Crippen molar-refractivity contribution in [3.05, 3.63) is 65.0 Å². The van der Waals surface area contributed by atoms with E-state index >= 15 is 0 Å². The van der Waals surface area contributed by atoms with E-state index in [9.17, 15) is 14.7 Å². The van der Waals surface area contributed by atoms with Gasteiger partial charge in [-0.25, -0.2) is 4.85 Å². The first kappa shape index (κ1) is 15.6. The molecule has 0 aromatic heterocycles. The summed E-state index contributed by atoms with van der Waals surface area (Å²) >= 11 is 0. The molecule has 0 aliphatic carbocycles. The van der Waals surface area contributed by atoms with Crippen LogP contribution < -0.4 is 4.74 Å². The van der Waals surface area contributed by atoms with Gasteiger partial charge in [0.1, 0.15) is 11.5 Å². The number of phenolic OH excluding ortho intramolecular Hbond substituents is 1. The number of ether oxygens (including phenoxy) is 1. The second-order valence-corrected chi connectivity index (χ2v) is 5.27. The number of hydrogen-bond donors (Lipinski definition) is 1. The van der Waals surface area contributed by atoms with Crippen LogP contribution in [0.1, 0.15) is 27.1 Å². The van der Waals surface area contributed by atoms with Crippen LogP contribution in [0.15, 0.2) is 42.5 Å². The summed E-state index contributed by atoms with van der Waals surface area (Å²) in [5.74, 6) is -0.214. The van der Waals surface area contributed by atoms with Gasteiger partial charge in [0.15, 0.2) is 0 Å². The third kappa shape index (κ3) is 2.79. The lowest BCUT2D eigenvalue weighted by atomic mass is 10.1. The van der Waals surface area contributed by atoms with Crippen LogP contribution in [0.2, 0.25) is 0 Å². The van der Waals surface area contributed by atoms with E-state index in [4.69, 9.17) is 11.3 Å². The number of amides is 2. The van der Waals surface area contributed by atoms with Crippen molar-refractivity contribution in [2.75, 3.05) is 13.2 Å². The fourth-order valence-corrected chi connectivity index (χ4v) is 2.56. The smallest absolute Gasteiger partial charge is 0.261 e. The lowest BCUT2D eigenvalue weighted by Gasteiger charge is -2.14. The standard InChI is InChI=1S/C18H14N2O4/c1-19-15-11-12(21)7-8-16(15)24-10-4-9-20-17(22)13-5-2-3-6-14(13)18(20)23/h2-3,5-8,11,21H,4,9-10H2. The molecule has 2 amide bonds. The maximum Gasteiger partial charge on any atom is 0.261 e. The van der Waals surface area contributed by atoms with E-state index < -0.39 is 0 Å². The number of carbonyl (C=O) groups is 2. The average molecular weight is 322 g/mol. The zero-order chi connectivity index (χ0) is 17.1. The van der Waals surface area contributed by atoms with E-state index in [0.717, 1.165) is 0 Å². The van der Waals surface area contributed by atoms with Gasteiger partial charge in [-0.1, -0.05) is 12.1 Å². The van der Waals surface area contributed by atoms with Gasteiger partial charge in [-0.15, -0.1) is 0 Å². The molecule has 6 heteroatoms. The van der Waals surface area contributed by atoms with Crippen molar-refractivity contribution in [1.29, 1.82) is 0 Å². The van der Waals surface area contributed by atoms with Gasteiger partial charge in [0.25, 0.3) is 11.8 Å². The Bertz CT molecular complexity index is 819. The molecule has 1 N–H and O–H groups in total. The molecule has 0 bridgehead atoms. The highest BCUT2D eigenvalue weighted by atomic mass is 16.5. The Morgan fingerprint density at radius 2 is 1.75 bits per heavy atom. The molecule has 2 aromatic rings. The Morgan fingerprint density at radius 3 is 2.38 bits per heavy atom. The summed E-state index contributed by atoms with van der Waals surface area (Å²) < 4.78 is 5.52. The number of hydrogen-bond acceptors (Lipinski definition) is 4. The van der Waals surface area contributed by atoms with E-state index in [1.54, 1.807) is 24.3 Å². The number of rotatable bonds is 5. The number of fused-ring (bicyclic) bond motifs is 1. The van der Waals surface area contributed by atoms with Crippen LogP contribution >= 0.6 is 0 Å². The molecule has 0 atom stereocenters. The summed E-state index contributed by atoms with van der Waals surface area (Å²) in [4.78, 5) is 28.9. The largest absolute Gasteiger partial charge is 0.509 e. The molecule has 0 fully saturated rings. The maximum atomic E-state index is 12.2. The third-order valence-corrected chi connectivity index (χ3v) is 3.72. The molecule has 24 heavy (non-hydrogen) atoms. The van der Waals surface area contributed by atoms with Gasteiger partial charge in [0.05, 0.1) is 24.3 Å². The average Bonchev–Trinajstić information content (AvgIpc) is 2.84. The second kappa shape index (κ2) is 6.42. The monoisotopic (exact) mass is 322 g/mol. The number of benzene rings is 2. The lowest BCUT2D eigenvalue weighted by Crippen LogP contribution is -2.31. The van der Waals surface area contributed by atoms with Crippen molar-refractivity contribution in [2.24, 2.45) is 0 Å². The molecular formula is C18H14N2O4. The molecule has 3 rings (SSSR count). The fraction of sp³-hybridized carbons (Fsp3) is 0.167. The molecule has 1 aliphatic rings. The summed E-state index contributed by atoms with van der Waals surface area (Å²) in [6.07, 6.45) is 0.448. The van der Waals surface area contributed by atoms with Crippen LogP contribution in [-0.4, -0.2) is 35.0 Å². The van der Waals surface area contributed by atoms with Gasteiger partial charge in [-0.2, -0.15) is 0 Å². The summed E-state index contributed by atoms with van der Waals surface area (Å²) in [5, 5.41) is 9.35. The number of nitrogens with zero attached hydrogens (tertiary/aromatic N) is 2. The maximum absolute atomic E-state index is 12.2. The van der Waals surface area contributed by atoms with Gasteiger partial charge in [-0.3, -0.25) is 14.5 Å². The van der Waals surface area contributed by atoms with Crippen molar-refractivity contribution < 1.29 is 19.4 Å². The Kier molecular flexibility index (Phi) is 4.17. The quantitative estimate of drug-likeness (QED) is 0.522. The van der Waals surface area contributed by atoms with E-state index in [1.165, 1.54) is 23.1 Å². The number of aromatic hydroxyl groups is 1. The number of imide groups is 1. The summed E-state index contributed by atoms with van der Waals surface area (Å²) in [5.41, 5.74) is 1.07. The zero-order valence-corrected chi connectivity index (χ0v) is 12.7. The van der Waals surface area contributed by atoms with Gasteiger partial charge in [0.2, 0.25) is 5.69 Å². The van der Waals surface area contributed by atoms with E-state index in [1.807, 2.05) is 0 Å². The summed E-state index contributed by atoms with van der Waals surface area (Å²) in [6, 6.07) is 11.0. The van der Waals surface area contributed by atoms with Crippen LogP contribution in [0.3, 0.4) is 0 Å². The van der Waals surface area contributed by atoms with Crippen LogP contribution in [0, 0.1) is 6.57 Å². The van der Waals surface area contributed by atoms with Crippen molar-refractivity contribution >= 4 is 17.5 Å². The van der Waals surface area contributed by atoms with Gasteiger partial charge >= 0.3 is 0 Å². The Labute approximate surface area is 138 Å². The Balaban J connectivity index is 1.58. The van der Waals surface area contributed by atoms with E-state index in [-0.39, 0.29) is 36.4 Å². The molecular weight excluding hydrogens is 308 g/mol. The zero-order valence-electron chi connectivity index (χ0n) is 12.7. The van der Waals surface area contributed by atoms with Crippen molar-refractivity contribution in [3.8, 4) is 11.5 Å². The highest BCUT2D eigenvalue weighted by Crippen LogP contribution is 2.31. The second-order valence-electron chi connectivity index (χ2n) is 5.27.